The Kier molecular flexibility index (Phi) is 7.33. The predicted molar refractivity (Wildman–Crippen MR) is 123 cm³/mol. The molecule has 1 aromatic carbocycles. The number of nitrogens with one attached hydrogen (secondary N) is 1. The summed E-state index contributed by atoms with van der Waals surface area (Å²) < 4.78 is 33.2. The van der Waals surface area contributed by atoms with E-state index in [1.54, 1.807) is 34.8 Å². The molecule has 2 saturated heterocycles. The normalized spacial score (nSPS) is 21.8. The van der Waals surface area contributed by atoms with Crippen LogP contribution in [-0.2, 0) is 10.0 Å². The van der Waals surface area contributed by atoms with Gasteiger partial charge in [0.05, 0.1) is 17.2 Å². The number of benzene rings is 1. The van der Waals surface area contributed by atoms with E-state index in [1.165, 1.54) is 6.42 Å². The van der Waals surface area contributed by atoms with Crippen LogP contribution in [-0.4, -0.2) is 55.8 Å². The first-order chi connectivity index (χ1) is 15.5. The SMILES string of the molecule is CC1CCCCN1S(=O)(=O)c1ccc(C(=O)NCC(c2ccco2)N2CCCCC2)cc1. The second-order valence-electron chi connectivity index (χ2n) is 8.82. The van der Waals surface area contributed by atoms with E-state index in [0.29, 0.717) is 18.7 Å². The number of sulfonamides is 1. The summed E-state index contributed by atoms with van der Waals surface area (Å²) in [5, 5.41) is 3.01. The van der Waals surface area contributed by atoms with Gasteiger partial charge in [0.1, 0.15) is 5.76 Å². The van der Waals surface area contributed by atoms with Crippen LogP contribution in [0.25, 0.3) is 0 Å². The number of rotatable bonds is 7. The second kappa shape index (κ2) is 10.2. The zero-order chi connectivity index (χ0) is 22.6. The summed E-state index contributed by atoms with van der Waals surface area (Å²) in [5.74, 6) is 0.637. The number of carbonyl (C=O) groups excluding carboxylic acids is 1. The standard InChI is InChI=1S/C24H33N3O4S/c1-19-8-3-6-16-27(19)32(29,30)21-12-10-20(11-13-21)24(28)25-18-22(23-9-7-17-31-23)26-14-4-2-5-15-26/h7,9-13,17,19,22H,2-6,8,14-16,18H2,1H3,(H,25,28). The van der Waals surface area contributed by atoms with E-state index < -0.39 is 10.0 Å². The van der Waals surface area contributed by atoms with E-state index >= 15 is 0 Å². The molecule has 8 heteroatoms. The zero-order valence-electron chi connectivity index (χ0n) is 18.7. The molecule has 2 aliphatic heterocycles. The molecular formula is C24H33N3O4S. The van der Waals surface area contributed by atoms with Crippen LogP contribution in [0.4, 0.5) is 0 Å². The molecule has 2 fully saturated rings. The molecule has 0 radical (unpaired) electrons. The Labute approximate surface area is 190 Å². The first kappa shape index (κ1) is 23.0. The molecule has 0 bridgehead atoms. The number of nitrogens with zero attached hydrogens (tertiary/aromatic N) is 2. The van der Waals surface area contributed by atoms with Crippen LogP contribution in [0.1, 0.15) is 67.6 Å². The highest BCUT2D eigenvalue weighted by Gasteiger charge is 2.31. The summed E-state index contributed by atoms with van der Waals surface area (Å²) in [6, 6.07) is 10.1. The van der Waals surface area contributed by atoms with Crippen molar-refractivity contribution in [3.63, 3.8) is 0 Å². The Bertz CT molecular complexity index is 983. The Morgan fingerprint density at radius 2 is 1.78 bits per heavy atom. The van der Waals surface area contributed by atoms with Gasteiger partial charge in [-0.1, -0.05) is 12.8 Å². The van der Waals surface area contributed by atoms with E-state index in [9.17, 15) is 13.2 Å². The van der Waals surface area contributed by atoms with Crippen molar-refractivity contribution in [3.05, 3.63) is 54.0 Å². The molecule has 4 rings (SSSR count). The fourth-order valence-electron chi connectivity index (χ4n) is 4.75. The molecule has 0 spiro atoms. The van der Waals surface area contributed by atoms with Crippen molar-refractivity contribution in [1.82, 2.24) is 14.5 Å². The van der Waals surface area contributed by atoms with Crippen LogP contribution in [0.5, 0.6) is 0 Å². The van der Waals surface area contributed by atoms with Crippen LogP contribution in [0.15, 0.2) is 52.0 Å². The summed E-state index contributed by atoms with van der Waals surface area (Å²) in [6.45, 7) is 4.93. The Hall–Kier alpha value is -2.16. The van der Waals surface area contributed by atoms with Crippen LogP contribution in [0, 0.1) is 0 Å². The Balaban J connectivity index is 1.42. The third-order valence-corrected chi connectivity index (χ3v) is 8.65. The highest BCUT2D eigenvalue weighted by Crippen LogP contribution is 2.26. The predicted octanol–water partition coefficient (Wildman–Crippen LogP) is 3.80. The molecule has 0 aliphatic carbocycles. The van der Waals surface area contributed by atoms with Gasteiger partial charge in [0.15, 0.2) is 0 Å². The quantitative estimate of drug-likeness (QED) is 0.681. The summed E-state index contributed by atoms with van der Waals surface area (Å²) >= 11 is 0. The van der Waals surface area contributed by atoms with E-state index in [0.717, 1.165) is 51.0 Å². The number of furan rings is 1. The molecule has 7 nitrogen and oxygen atoms in total. The molecule has 3 heterocycles. The third-order valence-electron chi connectivity index (χ3n) is 6.62. The van der Waals surface area contributed by atoms with Gasteiger partial charge in [0.2, 0.25) is 10.0 Å². The average Bonchev–Trinajstić information content (AvgIpc) is 3.35. The minimum Gasteiger partial charge on any atom is -0.468 e. The maximum Gasteiger partial charge on any atom is 0.251 e. The van der Waals surface area contributed by atoms with Gasteiger partial charge in [-0.3, -0.25) is 9.69 Å². The van der Waals surface area contributed by atoms with Gasteiger partial charge in [-0.15, -0.1) is 0 Å². The maximum absolute atomic E-state index is 13.0. The van der Waals surface area contributed by atoms with Crippen molar-refractivity contribution < 1.29 is 17.6 Å². The molecule has 2 aliphatic rings. The van der Waals surface area contributed by atoms with Gasteiger partial charge < -0.3 is 9.73 Å². The van der Waals surface area contributed by atoms with Gasteiger partial charge in [-0.05, 0) is 82.1 Å². The number of hydrogen-bond acceptors (Lipinski definition) is 5. The molecule has 0 saturated carbocycles. The number of hydrogen-bond donors (Lipinski definition) is 1. The summed E-state index contributed by atoms with van der Waals surface area (Å²) in [6.07, 6.45) is 8.03. The summed E-state index contributed by atoms with van der Waals surface area (Å²) in [5.41, 5.74) is 0.451. The highest BCUT2D eigenvalue weighted by molar-refractivity contribution is 7.89. The lowest BCUT2D eigenvalue weighted by Gasteiger charge is -2.33. The molecule has 32 heavy (non-hydrogen) atoms. The number of amides is 1. The maximum atomic E-state index is 13.0. The van der Waals surface area contributed by atoms with Gasteiger partial charge >= 0.3 is 0 Å². The van der Waals surface area contributed by atoms with E-state index in [4.69, 9.17) is 4.42 Å². The third kappa shape index (κ3) is 5.08. The fraction of sp³-hybridized carbons (Fsp3) is 0.542. The van der Waals surface area contributed by atoms with Gasteiger partial charge in [-0.2, -0.15) is 4.31 Å². The van der Waals surface area contributed by atoms with Crippen LogP contribution >= 0.6 is 0 Å². The minimum atomic E-state index is -3.54. The minimum absolute atomic E-state index is 0.00467. The largest absolute Gasteiger partial charge is 0.468 e. The van der Waals surface area contributed by atoms with E-state index in [1.807, 2.05) is 19.1 Å². The molecule has 1 aromatic heterocycles. The van der Waals surface area contributed by atoms with Crippen molar-refractivity contribution in [2.75, 3.05) is 26.2 Å². The smallest absolute Gasteiger partial charge is 0.251 e. The molecular weight excluding hydrogens is 426 g/mol. The van der Waals surface area contributed by atoms with Crippen molar-refractivity contribution in [3.8, 4) is 0 Å². The zero-order valence-corrected chi connectivity index (χ0v) is 19.5. The Morgan fingerprint density at radius 1 is 1.06 bits per heavy atom. The highest BCUT2D eigenvalue weighted by atomic mass is 32.2. The number of carbonyl (C=O) groups is 1. The first-order valence-electron chi connectivity index (χ1n) is 11.6. The number of piperidine rings is 2. The van der Waals surface area contributed by atoms with E-state index in [-0.39, 0.29) is 22.9 Å². The molecule has 174 valence electrons. The van der Waals surface area contributed by atoms with Crippen LogP contribution < -0.4 is 5.32 Å². The van der Waals surface area contributed by atoms with Crippen molar-refractivity contribution in [2.24, 2.45) is 0 Å². The lowest BCUT2D eigenvalue weighted by atomic mass is 10.1. The Morgan fingerprint density at radius 3 is 2.44 bits per heavy atom. The number of likely N-dealkylation sites (tertiary alicyclic amines) is 1. The fourth-order valence-corrected chi connectivity index (χ4v) is 6.45. The molecule has 1 N–H and O–H groups in total. The van der Waals surface area contributed by atoms with Gasteiger partial charge in [0, 0.05) is 24.7 Å². The van der Waals surface area contributed by atoms with Crippen LogP contribution in [0.2, 0.25) is 0 Å². The molecule has 2 atom stereocenters. The summed E-state index contributed by atoms with van der Waals surface area (Å²) in [4.78, 5) is 15.4. The lowest BCUT2D eigenvalue weighted by Crippen LogP contribution is -2.42. The average molecular weight is 460 g/mol. The summed E-state index contributed by atoms with van der Waals surface area (Å²) in [7, 11) is -3.54. The first-order valence-corrected chi connectivity index (χ1v) is 13.1. The van der Waals surface area contributed by atoms with Gasteiger partial charge in [0.25, 0.3) is 5.91 Å². The van der Waals surface area contributed by atoms with E-state index in [2.05, 4.69) is 10.2 Å². The van der Waals surface area contributed by atoms with Crippen LogP contribution in [0.3, 0.4) is 0 Å². The topological polar surface area (TPSA) is 82.9 Å². The van der Waals surface area contributed by atoms with Gasteiger partial charge in [-0.25, -0.2) is 8.42 Å². The van der Waals surface area contributed by atoms with Crippen molar-refractivity contribution in [2.45, 2.75) is 62.4 Å². The molecule has 2 unspecified atom stereocenters. The van der Waals surface area contributed by atoms with Crippen molar-refractivity contribution in [1.29, 1.82) is 0 Å². The monoisotopic (exact) mass is 459 g/mol. The molecule has 2 aromatic rings. The molecule has 1 amide bonds. The second-order valence-corrected chi connectivity index (χ2v) is 10.7. The van der Waals surface area contributed by atoms with Crippen molar-refractivity contribution >= 4 is 15.9 Å². The lowest BCUT2D eigenvalue weighted by molar-refractivity contribution is 0.0914.